The molecule has 0 saturated carbocycles. The molecule has 1 N–H and O–H groups in total. The zero-order valence-corrected chi connectivity index (χ0v) is 18.5. The molecule has 2 aromatic rings. The maximum atomic E-state index is 12.6. The first-order chi connectivity index (χ1) is 15.4. The molecule has 1 aliphatic rings. The number of nitrogens with zero attached hydrogens (tertiary/aromatic N) is 3. The molecular formula is C23H28N4O5. The van der Waals surface area contributed by atoms with Crippen LogP contribution in [0.1, 0.15) is 31.1 Å². The number of rotatable bonds is 7. The van der Waals surface area contributed by atoms with Crippen LogP contribution < -0.4 is 15.0 Å². The van der Waals surface area contributed by atoms with E-state index in [1.165, 1.54) is 6.92 Å². The maximum absolute atomic E-state index is 12.6. The van der Waals surface area contributed by atoms with Gasteiger partial charge in [0, 0.05) is 33.1 Å². The average Bonchev–Trinajstić information content (AvgIpc) is 2.79. The van der Waals surface area contributed by atoms with Crippen molar-refractivity contribution in [2.75, 3.05) is 43.0 Å². The number of para-hydroxylation sites is 1. The smallest absolute Gasteiger partial charge is 0.303 e. The monoisotopic (exact) mass is 440 g/mol. The summed E-state index contributed by atoms with van der Waals surface area (Å²) < 4.78 is 10.5. The molecule has 1 aromatic carbocycles. The highest BCUT2D eigenvalue weighted by Crippen LogP contribution is 2.21. The summed E-state index contributed by atoms with van der Waals surface area (Å²) in [5.41, 5.74) is 1.04. The number of nitrogens with one attached hydrogen (secondary N) is 1. The van der Waals surface area contributed by atoms with Crippen LogP contribution in [0, 0.1) is 0 Å². The van der Waals surface area contributed by atoms with Gasteiger partial charge in [0.15, 0.2) is 6.10 Å². The van der Waals surface area contributed by atoms with E-state index in [1.807, 2.05) is 19.1 Å². The first-order valence-corrected chi connectivity index (χ1v) is 10.6. The van der Waals surface area contributed by atoms with Crippen LogP contribution in [-0.2, 0) is 14.3 Å². The second kappa shape index (κ2) is 10.6. The highest BCUT2D eigenvalue weighted by atomic mass is 16.5. The van der Waals surface area contributed by atoms with Crippen LogP contribution in [0.2, 0.25) is 0 Å². The molecular weight excluding hydrogens is 412 g/mol. The number of carbonyl (C=O) groups is 3. The number of amides is 2. The molecule has 2 amide bonds. The predicted molar refractivity (Wildman–Crippen MR) is 120 cm³/mol. The number of ether oxygens (including phenoxy) is 2. The van der Waals surface area contributed by atoms with Gasteiger partial charge in [-0.2, -0.15) is 0 Å². The Morgan fingerprint density at radius 2 is 1.81 bits per heavy atom. The third kappa shape index (κ3) is 5.75. The molecule has 1 fully saturated rings. The highest BCUT2D eigenvalue weighted by Gasteiger charge is 2.27. The summed E-state index contributed by atoms with van der Waals surface area (Å²) >= 11 is 0. The van der Waals surface area contributed by atoms with Gasteiger partial charge in [-0.05, 0) is 38.1 Å². The van der Waals surface area contributed by atoms with Crippen LogP contribution >= 0.6 is 0 Å². The number of hydrogen-bond donors (Lipinski definition) is 1. The van der Waals surface area contributed by atoms with E-state index in [-0.39, 0.29) is 11.8 Å². The Balaban J connectivity index is 1.56. The summed E-state index contributed by atoms with van der Waals surface area (Å²) in [6.07, 6.45) is 0.824. The van der Waals surface area contributed by atoms with E-state index in [0.717, 1.165) is 5.82 Å². The fourth-order valence-corrected chi connectivity index (χ4v) is 3.49. The first-order valence-electron chi connectivity index (χ1n) is 10.6. The normalized spacial score (nSPS) is 14.5. The standard InChI is InChI=1S/C23H28N4O5/c1-4-31-20-8-6-5-7-19(20)22(29)25-18-9-10-21(24-15-18)26-11-13-27(14-12-26)23(30)16(2)32-17(3)28/h5-10,15-16H,4,11-14H2,1-3H3,(H,25,29)/t16-/m0/s1. The van der Waals surface area contributed by atoms with Crippen molar-refractivity contribution in [3.05, 3.63) is 48.2 Å². The zero-order valence-electron chi connectivity index (χ0n) is 18.5. The number of anilines is 2. The van der Waals surface area contributed by atoms with Crippen molar-refractivity contribution in [2.45, 2.75) is 26.9 Å². The summed E-state index contributed by atoms with van der Waals surface area (Å²) in [6.45, 7) is 7.46. The molecule has 1 aromatic heterocycles. The summed E-state index contributed by atoms with van der Waals surface area (Å²) in [5, 5.41) is 2.84. The molecule has 1 saturated heterocycles. The molecule has 0 spiro atoms. The van der Waals surface area contributed by atoms with Crippen molar-refractivity contribution in [1.82, 2.24) is 9.88 Å². The van der Waals surface area contributed by atoms with Crippen molar-refractivity contribution in [1.29, 1.82) is 0 Å². The van der Waals surface area contributed by atoms with E-state index in [9.17, 15) is 14.4 Å². The van der Waals surface area contributed by atoms with Crippen molar-refractivity contribution >= 4 is 29.3 Å². The van der Waals surface area contributed by atoms with E-state index >= 15 is 0 Å². The quantitative estimate of drug-likeness (QED) is 0.660. The SMILES string of the molecule is CCOc1ccccc1C(=O)Nc1ccc(N2CCN(C(=O)[C@H](C)OC(C)=O)CC2)nc1. The topological polar surface area (TPSA) is 101 Å². The third-order valence-corrected chi connectivity index (χ3v) is 5.04. The lowest BCUT2D eigenvalue weighted by Gasteiger charge is -2.36. The maximum Gasteiger partial charge on any atom is 0.303 e. The molecule has 2 heterocycles. The largest absolute Gasteiger partial charge is 0.493 e. The average molecular weight is 441 g/mol. The van der Waals surface area contributed by atoms with Gasteiger partial charge in [0.25, 0.3) is 11.8 Å². The molecule has 0 radical (unpaired) electrons. The van der Waals surface area contributed by atoms with Crippen LogP contribution in [0.25, 0.3) is 0 Å². The van der Waals surface area contributed by atoms with Crippen molar-refractivity contribution in [3.8, 4) is 5.75 Å². The van der Waals surface area contributed by atoms with Gasteiger partial charge in [-0.1, -0.05) is 12.1 Å². The fourth-order valence-electron chi connectivity index (χ4n) is 3.49. The van der Waals surface area contributed by atoms with Crippen molar-refractivity contribution < 1.29 is 23.9 Å². The van der Waals surface area contributed by atoms with Crippen molar-refractivity contribution in [3.63, 3.8) is 0 Å². The molecule has 0 bridgehead atoms. The number of piperazine rings is 1. The van der Waals surface area contributed by atoms with E-state index in [2.05, 4.69) is 15.2 Å². The minimum atomic E-state index is -0.784. The molecule has 9 heteroatoms. The minimum Gasteiger partial charge on any atom is -0.493 e. The van der Waals surface area contributed by atoms with Gasteiger partial charge < -0.3 is 24.6 Å². The lowest BCUT2D eigenvalue weighted by Crippen LogP contribution is -2.51. The third-order valence-electron chi connectivity index (χ3n) is 5.04. The van der Waals surface area contributed by atoms with Gasteiger partial charge in [-0.3, -0.25) is 14.4 Å². The second-order valence-corrected chi connectivity index (χ2v) is 7.35. The number of aromatic nitrogens is 1. The van der Waals surface area contributed by atoms with Crippen LogP contribution in [0.5, 0.6) is 5.75 Å². The van der Waals surface area contributed by atoms with Gasteiger partial charge in [0.1, 0.15) is 11.6 Å². The Morgan fingerprint density at radius 3 is 2.44 bits per heavy atom. The summed E-state index contributed by atoms with van der Waals surface area (Å²) in [7, 11) is 0. The first kappa shape index (κ1) is 23.1. The highest BCUT2D eigenvalue weighted by molar-refractivity contribution is 6.06. The second-order valence-electron chi connectivity index (χ2n) is 7.35. The molecule has 9 nitrogen and oxygen atoms in total. The Bertz CT molecular complexity index is 955. The van der Waals surface area contributed by atoms with Crippen LogP contribution in [0.4, 0.5) is 11.5 Å². The van der Waals surface area contributed by atoms with Crippen molar-refractivity contribution in [2.24, 2.45) is 0 Å². The fraction of sp³-hybridized carbons (Fsp3) is 0.391. The van der Waals surface area contributed by atoms with Gasteiger partial charge in [0.05, 0.1) is 24.1 Å². The Hall–Kier alpha value is -3.62. The number of esters is 1. The van der Waals surface area contributed by atoms with E-state index in [4.69, 9.17) is 9.47 Å². The molecule has 1 aliphatic heterocycles. The van der Waals surface area contributed by atoms with Crippen LogP contribution in [-0.4, -0.2) is 66.6 Å². The number of benzene rings is 1. The Labute approximate surface area is 187 Å². The lowest BCUT2D eigenvalue weighted by atomic mass is 10.2. The van der Waals surface area contributed by atoms with Gasteiger partial charge in [-0.15, -0.1) is 0 Å². The molecule has 1 atom stereocenters. The Kier molecular flexibility index (Phi) is 7.64. The molecule has 0 unspecified atom stereocenters. The van der Waals surface area contributed by atoms with Gasteiger partial charge >= 0.3 is 5.97 Å². The van der Waals surface area contributed by atoms with Crippen LogP contribution in [0.3, 0.4) is 0 Å². The Morgan fingerprint density at radius 1 is 1.09 bits per heavy atom. The summed E-state index contributed by atoms with van der Waals surface area (Å²) in [5.74, 6) is 0.364. The summed E-state index contributed by atoms with van der Waals surface area (Å²) in [6, 6.07) is 10.7. The number of carbonyl (C=O) groups excluding carboxylic acids is 3. The molecule has 32 heavy (non-hydrogen) atoms. The van der Waals surface area contributed by atoms with E-state index in [0.29, 0.717) is 49.8 Å². The predicted octanol–water partition coefficient (Wildman–Crippen LogP) is 2.33. The molecule has 3 rings (SSSR count). The number of pyridine rings is 1. The lowest BCUT2D eigenvalue weighted by molar-refractivity contribution is -0.157. The number of hydrogen-bond acceptors (Lipinski definition) is 7. The van der Waals surface area contributed by atoms with Gasteiger partial charge in [-0.25, -0.2) is 4.98 Å². The van der Waals surface area contributed by atoms with E-state index in [1.54, 1.807) is 42.3 Å². The summed E-state index contributed by atoms with van der Waals surface area (Å²) in [4.78, 5) is 44.3. The van der Waals surface area contributed by atoms with Crippen LogP contribution in [0.15, 0.2) is 42.6 Å². The zero-order chi connectivity index (χ0) is 23.1. The van der Waals surface area contributed by atoms with Gasteiger partial charge in [0.2, 0.25) is 0 Å². The molecule has 170 valence electrons. The van der Waals surface area contributed by atoms with E-state index < -0.39 is 12.1 Å². The molecule has 0 aliphatic carbocycles. The minimum absolute atomic E-state index is 0.196.